The van der Waals surface area contributed by atoms with E-state index in [-0.39, 0.29) is 10.9 Å². The van der Waals surface area contributed by atoms with Gasteiger partial charge in [-0.15, -0.1) is 0 Å². The summed E-state index contributed by atoms with van der Waals surface area (Å²) in [5.41, 5.74) is 0. The average Bonchev–Trinajstić information content (AvgIpc) is 2.54. The van der Waals surface area contributed by atoms with Crippen molar-refractivity contribution in [2.45, 2.75) is 43.5 Å². The van der Waals surface area contributed by atoms with Gasteiger partial charge in [-0.25, -0.2) is 8.42 Å². The first kappa shape index (κ1) is 16.1. The molecule has 0 amide bonds. The summed E-state index contributed by atoms with van der Waals surface area (Å²) in [6.45, 7) is 2.60. The highest BCUT2D eigenvalue weighted by Gasteiger charge is 2.34. The van der Waals surface area contributed by atoms with Crippen molar-refractivity contribution < 1.29 is 17.9 Å². The summed E-state index contributed by atoms with van der Waals surface area (Å²) in [6, 6.07) is 4.94. The van der Waals surface area contributed by atoms with Gasteiger partial charge in [0, 0.05) is 18.7 Å². The molecule has 118 valence electrons. The molecule has 1 aliphatic rings. The van der Waals surface area contributed by atoms with Crippen molar-refractivity contribution in [1.82, 2.24) is 4.31 Å². The van der Waals surface area contributed by atoms with E-state index >= 15 is 0 Å². The van der Waals surface area contributed by atoms with Crippen LogP contribution >= 0.6 is 0 Å². The molecule has 0 radical (unpaired) electrons. The molecule has 0 spiro atoms. The third-order valence-electron chi connectivity index (χ3n) is 4.00. The van der Waals surface area contributed by atoms with Crippen LogP contribution in [0.2, 0.25) is 0 Å². The molecule has 0 aliphatic carbocycles. The number of rotatable bonds is 5. The van der Waals surface area contributed by atoms with Gasteiger partial charge in [-0.05, 0) is 31.4 Å². The number of hydrogen-bond donors (Lipinski definition) is 0. The first-order chi connectivity index (χ1) is 10.0. The topological polar surface area (TPSA) is 55.8 Å². The van der Waals surface area contributed by atoms with Gasteiger partial charge in [0.2, 0.25) is 10.0 Å². The Balaban J connectivity index is 2.47. The van der Waals surface area contributed by atoms with E-state index in [1.165, 1.54) is 20.3 Å². The average molecular weight is 313 g/mol. The number of nitrogens with zero attached hydrogens (tertiary/aromatic N) is 1. The third-order valence-corrected chi connectivity index (χ3v) is 5.97. The van der Waals surface area contributed by atoms with E-state index in [1.54, 1.807) is 16.4 Å². The Labute approximate surface area is 126 Å². The van der Waals surface area contributed by atoms with Gasteiger partial charge in [-0.1, -0.05) is 13.3 Å². The zero-order valence-electron chi connectivity index (χ0n) is 12.8. The molecule has 1 aromatic rings. The summed E-state index contributed by atoms with van der Waals surface area (Å²) in [7, 11) is -0.568. The lowest BCUT2D eigenvalue weighted by atomic mass is 10.0. The lowest BCUT2D eigenvalue weighted by Crippen LogP contribution is -2.43. The third kappa shape index (κ3) is 3.16. The number of benzene rings is 1. The highest BCUT2D eigenvalue weighted by molar-refractivity contribution is 7.89. The lowest BCUT2D eigenvalue weighted by Gasteiger charge is -2.34. The molecular formula is C15H23NO4S. The van der Waals surface area contributed by atoms with Gasteiger partial charge in [0.25, 0.3) is 0 Å². The molecule has 1 atom stereocenters. The smallest absolute Gasteiger partial charge is 0.247 e. The van der Waals surface area contributed by atoms with Gasteiger partial charge in [-0.2, -0.15) is 4.31 Å². The van der Waals surface area contributed by atoms with Gasteiger partial charge >= 0.3 is 0 Å². The molecule has 0 N–H and O–H groups in total. The molecular weight excluding hydrogens is 290 g/mol. The number of piperidine rings is 1. The SMILES string of the molecule is CC[C@H]1CCCCN1S(=O)(=O)c1cc(OC)ccc1OC. The van der Waals surface area contributed by atoms with Gasteiger partial charge < -0.3 is 9.47 Å². The zero-order valence-corrected chi connectivity index (χ0v) is 13.6. The molecule has 1 saturated heterocycles. The second kappa shape index (κ2) is 6.66. The largest absolute Gasteiger partial charge is 0.497 e. The van der Waals surface area contributed by atoms with Crippen molar-refractivity contribution in [3.8, 4) is 11.5 Å². The summed E-state index contributed by atoms with van der Waals surface area (Å²) in [6.07, 6.45) is 3.73. The van der Waals surface area contributed by atoms with Crippen LogP contribution in [0, 0.1) is 0 Å². The van der Waals surface area contributed by atoms with E-state index < -0.39 is 10.0 Å². The normalized spacial score (nSPS) is 20.2. The summed E-state index contributed by atoms with van der Waals surface area (Å²) >= 11 is 0. The van der Waals surface area contributed by atoms with Gasteiger partial charge in [0.15, 0.2) is 0 Å². The van der Waals surface area contributed by atoms with Crippen molar-refractivity contribution in [3.63, 3.8) is 0 Å². The molecule has 0 bridgehead atoms. The fraction of sp³-hybridized carbons (Fsp3) is 0.600. The second-order valence-corrected chi connectivity index (χ2v) is 7.05. The summed E-state index contributed by atoms with van der Waals surface area (Å²) in [5, 5.41) is 0. The van der Waals surface area contributed by atoms with Gasteiger partial charge in [-0.3, -0.25) is 0 Å². The van der Waals surface area contributed by atoms with Crippen molar-refractivity contribution >= 4 is 10.0 Å². The summed E-state index contributed by atoms with van der Waals surface area (Å²) in [5.74, 6) is 0.871. The van der Waals surface area contributed by atoms with E-state index in [0.717, 1.165) is 25.7 Å². The predicted octanol–water partition coefficient (Wildman–Crippen LogP) is 2.66. The van der Waals surface area contributed by atoms with Crippen LogP contribution in [0.4, 0.5) is 0 Å². The number of hydrogen-bond acceptors (Lipinski definition) is 4. The van der Waals surface area contributed by atoms with Crippen LogP contribution in [0.25, 0.3) is 0 Å². The van der Waals surface area contributed by atoms with Crippen LogP contribution in [0.1, 0.15) is 32.6 Å². The minimum Gasteiger partial charge on any atom is -0.497 e. The van der Waals surface area contributed by atoms with E-state index in [0.29, 0.717) is 18.0 Å². The van der Waals surface area contributed by atoms with Crippen LogP contribution in [-0.4, -0.2) is 39.5 Å². The number of sulfonamides is 1. The minimum atomic E-state index is -3.57. The first-order valence-electron chi connectivity index (χ1n) is 7.28. The molecule has 6 heteroatoms. The van der Waals surface area contributed by atoms with E-state index in [9.17, 15) is 8.42 Å². The summed E-state index contributed by atoms with van der Waals surface area (Å²) in [4.78, 5) is 0.185. The quantitative estimate of drug-likeness (QED) is 0.838. The second-order valence-electron chi connectivity index (χ2n) is 5.19. The maximum absolute atomic E-state index is 13.0. The van der Waals surface area contributed by atoms with Crippen LogP contribution in [0.5, 0.6) is 11.5 Å². The molecule has 1 fully saturated rings. The highest BCUT2D eigenvalue weighted by atomic mass is 32.2. The van der Waals surface area contributed by atoms with Crippen molar-refractivity contribution in [2.24, 2.45) is 0 Å². The highest BCUT2D eigenvalue weighted by Crippen LogP contribution is 2.34. The van der Waals surface area contributed by atoms with E-state index in [2.05, 4.69) is 0 Å². The van der Waals surface area contributed by atoms with Crippen LogP contribution in [0.15, 0.2) is 23.1 Å². The standard InChI is InChI=1S/C15H23NO4S/c1-4-12-7-5-6-10-16(12)21(17,18)15-11-13(19-2)8-9-14(15)20-3/h8-9,11-12H,4-7,10H2,1-3H3/t12-/m0/s1. The number of ether oxygens (including phenoxy) is 2. The van der Waals surface area contributed by atoms with Crippen LogP contribution in [0.3, 0.4) is 0 Å². The Morgan fingerprint density at radius 2 is 2.00 bits per heavy atom. The monoisotopic (exact) mass is 313 g/mol. The Morgan fingerprint density at radius 1 is 1.24 bits per heavy atom. The molecule has 0 saturated carbocycles. The maximum Gasteiger partial charge on any atom is 0.247 e. The minimum absolute atomic E-state index is 0.0691. The molecule has 1 aliphatic heterocycles. The molecule has 21 heavy (non-hydrogen) atoms. The first-order valence-corrected chi connectivity index (χ1v) is 8.72. The van der Waals surface area contributed by atoms with Crippen LogP contribution < -0.4 is 9.47 Å². The van der Waals surface area contributed by atoms with E-state index in [4.69, 9.17) is 9.47 Å². The van der Waals surface area contributed by atoms with Crippen molar-refractivity contribution in [2.75, 3.05) is 20.8 Å². The van der Waals surface area contributed by atoms with Crippen LogP contribution in [-0.2, 0) is 10.0 Å². The Hall–Kier alpha value is -1.27. The Morgan fingerprint density at radius 3 is 2.62 bits per heavy atom. The molecule has 0 unspecified atom stereocenters. The fourth-order valence-corrected chi connectivity index (χ4v) is 4.75. The molecule has 1 aromatic carbocycles. The molecule has 2 rings (SSSR count). The molecule has 1 heterocycles. The van der Waals surface area contributed by atoms with Crippen molar-refractivity contribution in [1.29, 1.82) is 0 Å². The Bertz CT molecular complexity index is 585. The molecule has 5 nitrogen and oxygen atoms in total. The number of methoxy groups -OCH3 is 2. The summed E-state index contributed by atoms with van der Waals surface area (Å²) < 4.78 is 38.0. The molecule has 0 aromatic heterocycles. The lowest BCUT2D eigenvalue weighted by molar-refractivity contribution is 0.245. The predicted molar refractivity (Wildman–Crippen MR) is 81.4 cm³/mol. The fourth-order valence-electron chi connectivity index (χ4n) is 2.81. The zero-order chi connectivity index (χ0) is 15.5. The maximum atomic E-state index is 13.0. The Kier molecular flexibility index (Phi) is 5.11. The van der Waals surface area contributed by atoms with E-state index in [1.807, 2.05) is 6.92 Å². The van der Waals surface area contributed by atoms with Crippen molar-refractivity contribution in [3.05, 3.63) is 18.2 Å². The van der Waals surface area contributed by atoms with Gasteiger partial charge in [0.1, 0.15) is 16.4 Å². The van der Waals surface area contributed by atoms with Gasteiger partial charge in [0.05, 0.1) is 14.2 Å².